The van der Waals surface area contributed by atoms with Gasteiger partial charge in [-0.05, 0) is 24.6 Å². The number of aliphatic carboxylic acids is 1. The summed E-state index contributed by atoms with van der Waals surface area (Å²) in [4.78, 5) is 34.9. The van der Waals surface area contributed by atoms with Crippen LogP contribution in [0, 0.1) is 12.7 Å². The molecule has 0 aliphatic carbocycles. The van der Waals surface area contributed by atoms with Crippen molar-refractivity contribution in [2.24, 2.45) is 5.73 Å². The van der Waals surface area contributed by atoms with Gasteiger partial charge >= 0.3 is 5.97 Å². The molecular weight excluding hydrogens is 255 g/mol. The molecular formula is C12H11FN2O4. The van der Waals surface area contributed by atoms with E-state index in [1.54, 1.807) is 6.92 Å². The van der Waals surface area contributed by atoms with Crippen LogP contribution in [0.4, 0.5) is 10.1 Å². The van der Waals surface area contributed by atoms with E-state index in [0.717, 1.165) is 4.90 Å². The largest absolute Gasteiger partial charge is 0.480 e. The number of carbonyl (C=O) groups is 3. The minimum Gasteiger partial charge on any atom is -0.480 e. The molecule has 1 aromatic rings. The van der Waals surface area contributed by atoms with Gasteiger partial charge in [-0.1, -0.05) is 0 Å². The number of fused-ring (bicyclic) bond motifs is 1. The molecule has 1 aromatic carbocycles. The lowest BCUT2D eigenvalue weighted by Crippen LogP contribution is -2.45. The molecule has 100 valence electrons. The number of hydrogen-bond acceptors (Lipinski definition) is 4. The highest BCUT2D eigenvalue weighted by Gasteiger charge is 2.39. The predicted molar refractivity (Wildman–Crippen MR) is 63.4 cm³/mol. The molecule has 0 saturated carbocycles. The molecule has 1 heterocycles. The molecule has 1 amide bonds. The number of carboxylic acids is 1. The number of nitrogens with zero attached hydrogens (tertiary/aromatic N) is 1. The van der Waals surface area contributed by atoms with Crippen LogP contribution in [-0.2, 0) is 9.59 Å². The van der Waals surface area contributed by atoms with E-state index < -0.39 is 36.1 Å². The molecule has 1 aliphatic rings. The Morgan fingerprint density at radius 2 is 2.11 bits per heavy atom. The molecule has 7 heteroatoms. The summed E-state index contributed by atoms with van der Waals surface area (Å²) in [5, 5.41) is 8.71. The first-order valence-electron chi connectivity index (χ1n) is 5.47. The lowest BCUT2D eigenvalue weighted by atomic mass is 10.1. The van der Waals surface area contributed by atoms with Gasteiger partial charge in [-0.3, -0.25) is 19.3 Å². The number of carbonyl (C=O) groups excluding carboxylic acids is 2. The van der Waals surface area contributed by atoms with Gasteiger partial charge in [-0.25, -0.2) is 4.39 Å². The fourth-order valence-corrected chi connectivity index (χ4v) is 1.97. The van der Waals surface area contributed by atoms with Crippen molar-refractivity contribution in [2.45, 2.75) is 13.0 Å². The van der Waals surface area contributed by atoms with Crippen molar-refractivity contribution in [3.63, 3.8) is 0 Å². The van der Waals surface area contributed by atoms with E-state index in [4.69, 9.17) is 10.8 Å². The summed E-state index contributed by atoms with van der Waals surface area (Å²) in [6.07, 6.45) is 0. The second kappa shape index (κ2) is 4.43. The number of aryl methyl sites for hydroxylation is 1. The van der Waals surface area contributed by atoms with Crippen LogP contribution in [0.25, 0.3) is 0 Å². The van der Waals surface area contributed by atoms with Crippen LogP contribution >= 0.6 is 0 Å². The summed E-state index contributed by atoms with van der Waals surface area (Å²) in [6.45, 7) is 1.14. The maximum Gasteiger partial charge on any atom is 0.322 e. The van der Waals surface area contributed by atoms with E-state index in [1.807, 2.05) is 0 Å². The van der Waals surface area contributed by atoms with Crippen LogP contribution in [-0.4, -0.2) is 35.4 Å². The Hall–Kier alpha value is -2.28. The number of Topliss-reactive ketones (excluding diaryl/α,β-unsaturated/α-hetero) is 1. The van der Waals surface area contributed by atoms with Gasteiger partial charge in [0, 0.05) is 0 Å². The first kappa shape index (κ1) is 13.2. The summed E-state index contributed by atoms with van der Waals surface area (Å²) in [7, 11) is 0. The van der Waals surface area contributed by atoms with Crippen molar-refractivity contribution in [3.05, 3.63) is 29.1 Å². The lowest BCUT2D eigenvalue weighted by Gasteiger charge is -2.19. The topological polar surface area (TPSA) is 101 Å². The average Bonchev–Trinajstić information content (AvgIpc) is 2.54. The minimum absolute atomic E-state index is 0.0555. The molecule has 1 unspecified atom stereocenters. The Bertz CT molecular complexity index is 600. The SMILES string of the molecule is Cc1cc(F)c2c(c1)C(=O)C(=O)N2CC(N)C(=O)O. The normalized spacial score (nSPS) is 15.6. The number of nitrogens with two attached hydrogens (primary N) is 1. The maximum atomic E-state index is 13.9. The molecule has 19 heavy (non-hydrogen) atoms. The van der Waals surface area contributed by atoms with Gasteiger partial charge in [0.1, 0.15) is 11.9 Å². The second-order valence-electron chi connectivity index (χ2n) is 4.33. The van der Waals surface area contributed by atoms with E-state index in [-0.39, 0.29) is 11.3 Å². The summed E-state index contributed by atoms with van der Waals surface area (Å²) < 4.78 is 13.9. The van der Waals surface area contributed by atoms with Crippen molar-refractivity contribution >= 4 is 23.3 Å². The van der Waals surface area contributed by atoms with Gasteiger partial charge in [0.15, 0.2) is 0 Å². The fourth-order valence-electron chi connectivity index (χ4n) is 1.97. The molecule has 3 N–H and O–H groups in total. The van der Waals surface area contributed by atoms with Crippen molar-refractivity contribution in [1.82, 2.24) is 0 Å². The molecule has 1 aliphatic heterocycles. The van der Waals surface area contributed by atoms with Crippen molar-refractivity contribution in [3.8, 4) is 0 Å². The molecule has 0 aromatic heterocycles. The van der Waals surface area contributed by atoms with Crippen LogP contribution in [0.15, 0.2) is 12.1 Å². The summed E-state index contributed by atoms with van der Waals surface area (Å²) in [5.74, 6) is -3.89. The Balaban J connectivity index is 2.47. The highest BCUT2D eigenvalue weighted by molar-refractivity contribution is 6.52. The van der Waals surface area contributed by atoms with E-state index >= 15 is 0 Å². The zero-order chi connectivity index (χ0) is 14.3. The molecule has 0 fully saturated rings. The van der Waals surface area contributed by atoms with Crippen LogP contribution in [0.2, 0.25) is 0 Å². The molecule has 0 spiro atoms. The monoisotopic (exact) mass is 266 g/mol. The van der Waals surface area contributed by atoms with Crippen LogP contribution < -0.4 is 10.6 Å². The first-order valence-corrected chi connectivity index (χ1v) is 5.47. The van der Waals surface area contributed by atoms with E-state index in [1.165, 1.54) is 12.1 Å². The highest BCUT2D eigenvalue weighted by Crippen LogP contribution is 2.32. The third kappa shape index (κ3) is 2.08. The number of ketones is 1. The number of hydrogen-bond donors (Lipinski definition) is 2. The van der Waals surface area contributed by atoms with E-state index in [9.17, 15) is 18.8 Å². The molecule has 0 saturated heterocycles. The van der Waals surface area contributed by atoms with Crippen LogP contribution in [0.5, 0.6) is 0 Å². The number of halogens is 1. The first-order chi connectivity index (χ1) is 8.82. The lowest BCUT2D eigenvalue weighted by molar-refractivity contribution is -0.138. The number of carboxylic acid groups (broad SMARTS) is 1. The smallest absolute Gasteiger partial charge is 0.322 e. The van der Waals surface area contributed by atoms with Crippen molar-refractivity contribution < 1.29 is 23.9 Å². The Morgan fingerprint density at radius 3 is 2.68 bits per heavy atom. The maximum absolute atomic E-state index is 13.9. The van der Waals surface area contributed by atoms with Crippen molar-refractivity contribution in [2.75, 3.05) is 11.4 Å². The number of anilines is 1. The Morgan fingerprint density at radius 1 is 1.47 bits per heavy atom. The highest BCUT2D eigenvalue weighted by atomic mass is 19.1. The quantitative estimate of drug-likeness (QED) is 0.754. The molecule has 1 atom stereocenters. The van der Waals surface area contributed by atoms with Crippen LogP contribution in [0.1, 0.15) is 15.9 Å². The Kier molecular flexibility index (Phi) is 3.07. The van der Waals surface area contributed by atoms with Gasteiger partial charge in [-0.2, -0.15) is 0 Å². The zero-order valence-corrected chi connectivity index (χ0v) is 10.0. The van der Waals surface area contributed by atoms with Gasteiger partial charge in [-0.15, -0.1) is 0 Å². The zero-order valence-electron chi connectivity index (χ0n) is 10.0. The Labute approximate surface area is 107 Å². The third-order valence-electron chi connectivity index (χ3n) is 2.86. The fraction of sp³-hybridized carbons (Fsp3) is 0.250. The number of rotatable bonds is 3. The summed E-state index contributed by atoms with van der Waals surface area (Å²) in [5.41, 5.74) is 5.56. The molecule has 2 rings (SSSR count). The predicted octanol–water partition coefficient (Wildman–Crippen LogP) is 0.0753. The van der Waals surface area contributed by atoms with Crippen molar-refractivity contribution in [1.29, 1.82) is 0 Å². The summed E-state index contributed by atoms with van der Waals surface area (Å²) in [6, 6.07) is 1.18. The number of benzene rings is 1. The van der Waals surface area contributed by atoms with E-state index in [0.29, 0.717) is 5.56 Å². The third-order valence-corrected chi connectivity index (χ3v) is 2.86. The molecule has 0 bridgehead atoms. The standard InChI is InChI=1S/C12H11FN2O4/c1-5-2-6-9(7(13)3-5)15(11(17)10(6)16)4-8(14)12(18)19/h2-3,8H,4,14H2,1H3,(H,18,19). The van der Waals surface area contributed by atoms with Gasteiger partial charge in [0.05, 0.1) is 17.8 Å². The molecule has 0 radical (unpaired) electrons. The summed E-state index contributed by atoms with van der Waals surface area (Å²) >= 11 is 0. The average molecular weight is 266 g/mol. The second-order valence-corrected chi connectivity index (χ2v) is 4.33. The van der Waals surface area contributed by atoms with Gasteiger partial charge < -0.3 is 10.8 Å². The van der Waals surface area contributed by atoms with Gasteiger partial charge in [0.25, 0.3) is 11.7 Å². The van der Waals surface area contributed by atoms with Crippen LogP contribution in [0.3, 0.4) is 0 Å². The van der Waals surface area contributed by atoms with E-state index in [2.05, 4.69) is 0 Å². The number of amides is 1. The molecule has 6 nitrogen and oxygen atoms in total. The minimum atomic E-state index is -1.39. The van der Waals surface area contributed by atoms with Gasteiger partial charge in [0.2, 0.25) is 0 Å².